The Morgan fingerprint density at radius 2 is 2.28 bits per heavy atom. The summed E-state index contributed by atoms with van der Waals surface area (Å²) < 4.78 is 26.5. The van der Waals surface area contributed by atoms with E-state index in [2.05, 4.69) is 16.0 Å². The molecule has 1 aromatic carbocycles. The highest BCUT2D eigenvalue weighted by molar-refractivity contribution is 7.89. The zero-order chi connectivity index (χ0) is 13.2. The first-order valence-corrected chi connectivity index (χ1v) is 7.36. The molecule has 0 fully saturated rings. The third-order valence-electron chi connectivity index (χ3n) is 2.91. The van der Waals surface area contributed by atoms with Crippen molar-refractivity contribution in [2.75, 3.05) is 11.9 Å². The van der Waals surface area contributed by atoms with Gasteiger partial charge in [-0.2, -0.15) is 4.72 Å². The first-order valence-electron chi connectivity index (χ1n) is 5.88. The molecule has 0 bridgehead atoms. The summed E-state index contributed by atoms with van der Waals surface area (Å²) in [6.45, 7) is 2.51. The molecule has 1 aliphatic rings. The molecule has 18 heavy (non-hydrogen) atoms. The lowest BCUT2D eigenvalue weighted by molar-refractivity contribution is 0.577. The van der Waals surface area contributed by atoms with Crippen LogP contribution in [0.3, 0.4) is 0 Å². The minimum absolute atomic E-state index is 0.248. The molecule has 0 radical (unpaired) electrons. The number of hydrogen-bond acceptors (Lipinski definition) is 3. The van der Waals surface area contributed by atoms with E-state index >= 15 is 0 Å². The summed E-state index contributed by atoms with van der Waals surface area (Å²) in [5.74, 6) is 2.35. The molecule has 0 saturated heterocycles. The van der Waals surface area contributed by atoms with Crippen LogP contribution >= 0.6 is 0 Å². The second-order valence-corrected chi connectivity index (χ2v) is 6.07. The molecule has 1 unspecified atom stereocenters. The second-order valence-electron chi connectivity index (χ2n) is 4.36. The number of rotatable bonds is 3. The Bertz CT molecular complexity index is 587. The predicted molar refractivity (Wildman–Crippen MR) is 71.9 cm³/mol. The minimum atomic E-state index is -3.54. The number of benzene rings is 1. The quantitative estimate of drug-likeness (QED) is 0.810. The third-order valence-corrected chi connectivity index (χ3v) is 4.45. The SMILES string of the molecule is C#CC(C)NS(=O)(=O)c1ccc2c(c1)NCCC2. The van der Waals surface area contributed by atoms with Crippen LogP contribution < -0.4 is 10.0 Å². The van der Waals surface area contributed by atoms with E-state index in [0.29, 0.717) is 0 Å². The fourth-order valence-electron chi connectivity index (χ4n) is 1.94. The average molecular weight is 264 g/mol. The van der Waals surface area contributed by atoms with E-state index in [9.17, 15) is 8.42 Å². The molecule has 2 rings (SSSR count). The van der Waals surface area contributed by atoms with Crippen LogP contribution in [0.4, 0.5) is 5.69 Å². The third kappa shape index (κ3) is 2.66. The molecule has 0 saturated carbocycles. The normalized spacial score (nSPS) is 16.2. The first kappa shape index (κ1) is 12.9. The Balaban J connectivity index is 2.31. The first-order chi connectivity index (χ1) is 8.53. The molecule has 1 aromatic rings. The van der Waals surface area contributed by atoms with E-state index in [-0.39, 0.29) is 4.90 Å². The van der Waals surface area contributed by atoms with Gasteiger partial charge in [0.15, 0.2) is 0 Å². The van der Waals surface area contributed by atoms with E-state index in [1.54, 1.807) is 19.1 Å². The molecular formula is C13H16N2O2S. The van der Waals surface area contributed by atoms with Crippen molar-refractivity contribution in [2.45, 2.75) is 30.7 Å². The van der Waals surface area contributed by atoms with Crippen molar-refractivity contribution in [2.24, 2.45) is 0 Å². The molecule has 5 heteroatoms. The summed E-state index contributed by atoms with van der Waals surface area (Å²) in [7, 11) is -3.54. The predicted octanol–water partition coefficient (Wildman–Crippen LogP) is 1.34. The van der Waals surface area contributed by atoms with Gasteiger partial charge in [-0.3, -0.25) is 0 Å². The van der Waals surface area contributed by atoms with Crippen LogP contribution in [0.5, 0.6) is 0 Å². The van der Waals surface area contributed by atoms with Gasteiger partial charge in [-0.25, -0.2) is 8.42 Å². The van der Waals surface area contributed by atoms with Gasteiger partial charge in [0.25, 0.3) is 0 Å². The number of nitrogens with one attached hydrogen (secondary N) is 2. The maximum absolute atomic E-state index is 12.1. The Morgan fingerprint density at radius 3 is 3.00 bits per heavy atom. The molecule has 0 spiro atoms. The lowest BCUT2D eigenvalue weighted by atomic mass is 10.0. The van der Waals surface area contributed by atoms with Gasteiger partial charge in [0.2, 0.25) is 10.0 Å². The summed E-state index contributed by atoms with van der Waals surface area (Å²) in [5, 5.41) is 3.21. The second kappa shape index (κ2) is 5.01. The van der Waals surface area contributed by atoms with Crippen molar-refractivity contribution >= 4 is 15.7 Å². The number of anilines is 1. The fraction of sp³-hybridized carbons (Fsp3) is 0.385. The van der Waals surface area contributed by atoms with Gasteiger partial charge < -0.3 is 5.32 Å². The molecule has 1 heterocycles. The molecule has 1 aliphatic heterocycles. The van der Waals surface area contributed by atoms with Crippen molar-refractivity contribution in [3.63, 3.8) is 0 Å². The van der Waals surface area contributed by atoms with Crippen LogP contribution in [0.2, 0.25) is 0 Å². The van der Waals surface area contributed by atoms with E-state index in [4.69, 9.17) is 6.42 Å². The minimum Gasteiger partial charge on any atom is -0.385 e. The maximum Gasteiger partial charge on any atom is 0.241 e. The van der Waals surface area contributed by atoms with Crippen molar-refractivity contribution in [3.05, 3.63) is 23.8 Å². The topological polar surface area (TPSA) is 58.2 Å². The van der Waals surface area contributed by atoms with Crippen LogP contribution in [0.15, 0.2) is 23.1 Å². The van der Waals surface area contributed by atoms with Crippen LogP contribution in [0.1, 0.15) is 18.9 Å². The Hall–Kier alpha value is -1.51. The van der Waals surface area contributed by atoms with Gasteiger partial charge >= 0.3 is 0 Å². The van der Waals surface area contributed by atoms with Crippen molar-refractivity contribution in [1.29, 1.82) is 0 Å². The van der Waals surface area contributed by atoms with E-state index < -0.39 is 16.1 Å². The number of fused-ring (bicyclic) bond motifs is 1. The van der Waals surface area contributed by atoms with Gasteiger partial charge in [-0.15, -0.1) is 6.42 Å². The molecule has 1 atom stereocenters. The lowest BCUT2D eigenvalue weighted by Crippen LogP contribution is -2.31. The number of terminal acetylenes is 1. The van der Waals surface area contributed by atoms with Gasteiger partial charge in [-0.05, 0) is 37.5 Å². The Labute approximate surface area is 108 Å². The van der Waals surface area contributed by atoms with Crippen molar-refractivity contribution < 1.29 is 8.42 Å². The van der Waals surface area contributed by atoms with Gasteiger partial charge in [-0.1, -0.05) is 12.0 Å². The molecular weight excluding hydrogens is 248 g/mol. The zero-order valence-corrected chi connectivity index (χ0v) is 11.0. The van der Waals surface area contributed by atoms with Gasteiger partial charge in [0, 0.05) is 12.2 Å². The summed E-state index contributed by atoms with van der Waals surface area (Å²) in [5.41, 5.74) is 2.06. The number of sulfonamides is 1. The van der Waals surface area contributed by atoms with Crippen molar-refractivity contribution in [1.82, 2.24) is 4.72 Å². The molecule has 0 aliphatic carbocycles. The molecule has 0 aromatic heterocycles. The highest BCUT2D eigenvalue weighted by Gasteiger charge is 2.18. The van der Waals surface area contributed by atoms with Crippen LogP contribution in [-0.4, -0.2) is 21.0 Å². The Kier molecular flexibility index (Phi) is 3.60. The van der Waals surface area contributed by atoms with Crippen LogP contribution in [0, 0.1) is 12.3 Å². The maximum atomic E-state index is 12.1. The molecule has 4 nitrogen and oxygen atoms in total. The highest BCUT2D eigenvalue weighted by Crippen LogP contribution is 2.25. The highest BCUT2D eigenvalue weighted by atomic mass is 32.2. The molecule has 96 valence electrons. The summed E-state index contributed by atoms with van der Waals surface area (Å²) in [4.78, 5) is 0.248. The largest absolute Gasteiger partial charge is 0.385 e. The fourth-order valence-corrected chi connectivity index (χ4v) is 3.13. The standard InChI is InChI=1S/C13H16N2O2S/c1-3-10(2)15-18(16,17)12-7-6-11-5-4-8-14-13(11)9-12/h1,6-7,9-10,14-15H,4-5,8H2,2H3. The molecule has 0 amide bonds. The van der Waals surface area contributed by atoms with E-state index in [0.717, 1.165) is 30.6 Å². The number of hydrogen-bond donors (Lipinski definition) is 2. The van der Waals surface area contributed by atoms with Crippen LogP contribution in [0.25, 0.3) is 0 Å². The molecule has 2 N–H and O–H groups in total. The van der Waals surface area contributed by atoms with E-state index in [1.807, 2.05) is 6.07 Å². The lowest BCUT2D eigenvalue weighted by Gasteiger charge is -2.19. The van der Waals surface area contributed by atoms with E-state index in [1.165, 1.54) is 0 Å². The summed E-state index contributed by atoms with van der Waals surface area (Å²) >= 11 is 0. The average Bonchev–Trinajstić information content (AvgIpc) is 2.37. The summed E-state index contributed by atoms with van der Waals surface area (Å²) in [6.07, 6.45) is 7.24. The Morgan fingerprint density at radius 1 is 1.50 bits per heavy atom. The zero-order valence-electron chi connectivity index (χ0n) is 10.2. The van der Waals surface area contributed by atoms with Crippen LogP contribution in [-0.2, 0) is 16.4 Å². The number of aryl methyl sites for hydroxylation is 1. The van der Waals surface area contributed by atoms with Gasteiger partial charge in [0.05, 0.1) is 10.9 Å². The monoisotopic (exact) mass is 264 g/mol. The summed E-state index contributed by atoms with van der Waals surface area (Å²) in [6, 6.07) is 4.63. The van der Waals surface area contributed by atoms with Gasteiger partial charge in [0.1, 0.15) is 0 Å². The van der Waals surface area contributed by atoms with Crippen molar-refractivity contribution in [3.8, 4) is 12.3 Å². The smallest absolute Gasteiger partial charge is 0.241 e.